The monoisotopic (exact) mass is 245 g/mol. The summed E-state index contributed by atoms with van der Waals surface area (Å²) in [5.41, 5.74) is -0.812. The van der Waals surface area contributed by atoms with Gasteiger partial charge >= 0.3 is 5.97 Å². The second-order valence-electron chi connectivity index (χ2n) is 4.80. The molecule has 1 rings (SSSR count). The predicted octanol–water partition coefficient (Wildman–Crippen LogP) is 0.618. The first kappa shape index (κ1) is 14.4. The molecule has 0 aromatic carbocycles. The first-order valence-electron chi connectivity index (χ1n) is 6.30. The van der Waals surface area contributed by atoms with Crippen LogP contribution in [0.5, 0.6) is 0 Å². The highest BCUT2D eigenvalue weighted by Gasteiger charge is 2.42. The average molecular weight is 245 g/mol. The fourth-order valence-electron chi connectivity index (χ4n) is 2.16. The van der Waals surface area contributed by atoms with Crippen molar-refractivity contribution in [1.82, 2.24) is 5.32 Å². The van der Waals surface area contributed by atoms with Gasteiger partial charge in [-0.2, -0.15) is 0 Å². The van der Waals surface area contributed by atoms with E-state index in [1.807, 2.05) is 0 Å². The smallest absolute Gasteiger partial charge is 0.311 e. The van der Waals surface area contributed by atoms with Crippen molar-refractivity contribution in [3.05, 3.63) is 0 Å². The van der Waals surface area contributed by atoms with Crippen LogP contribution in [0, 0.1) is 5.41 Å². The van der Waals surface area contributed by atoms with Crippen molar-refractivity contribution in [2.45, 2.75) is 38.7 Å². The summed E-state index contributed by atoms with van der Waals surface area (Å²) >= 11 is 0. The molecule has 0 bridgehead atoms. The number of ether oxygens (including phenoxy) is 1. The molecule has 1 saturated heterocycles. The summed E-state index contributed by atoms with van der Waals surface area (Å²) in [6.45, 7) is 4.08. The molecule has 5 heteroatoms. The third-order valence-electron chi connectivity index (χ3n) is 3.28. The number of aliphatic hydroxyl groups excluding tert-OH is 1. The second-order valence-corrected chi connectivity index (χ2v) is 4.80. The number of hydrogen-bond acceptors (Lipinski definition) is 4. The van der Waals surface area contributed by atoms with Crippen molar-refractivity contribution in [1.29, 1.82) is 0 Å². The Hall–Kier alpha value is -0.650. The van der Waals surface area contributed by atoms with E-state index in [1.165, 1.54) is 0 Å². The minimum absolute atomic E-state index is 0.231. The van der Waals surface area contributed by atoms with Crippen molar-refractivity contribution in [3.8, 4) is 0 Å². The zero-order chi connectivity index (χ0) is 12.7. The maximum atomic E-state index is 11.2. The number of unbranched alkanes of at least 4 members (excludes halogenated alkanes) is 1. The zero-order valence-corrected chi connectivity index (χ0v) is 10.4. The van der Waals surface area contributed by atoms with Crippen LogP contribution < -0.4 is 5.32 Å². The van der Waals surface area contributed by atoms with Gasteiger partial charge in [-0.3, -0.25) is 4.79 Å². The number of nitrogens with one attached hydrogen (secondary N) is 1. The summed E-state index contributed by atoms with van der Waals surface area (Å²) in [5, 5.41) is 22.1. The molecule has 0 aromatic rings. The summed E-state index contributed by atoms with van der Waals surface area (Å²) in [6, 6.07) is 0. The highest BCUT2D eigenvalue weighted by molar-refractivity contribution is 5.75. The lowest BCUT2D eigenvalue weighted by Gasteiger charge is -2.25. The zero-order valence-electron chi connectivity index (χ0n) is 10.4. The van der Waals surface area contributed by atoms with Gasteiger partial charge in [0.25, 0.3) is 0 Å². The molecular weight excluding hydrogens is 222 g/mol. The molecule has 0 saturated carbocycles. The first-order chi connectivity index (χ1) is 8.10. The Bertz CT molecular complexity index is 239. The van der Waals surface area contributed by atoms with Crippen LogP contribution >= 0.6 is 0 Å². The number of carbonyl (C=O) groups is 1. The fraction of sp³-hybridized carbons (Fsp3) is 0.917. The Morgan fingerprint density at radius 3 is 2.88 bits per heavy atom. The minimum atomic E-state index is -0.824. The van der Waals surface area contributed by atoms with Crippen molar-refractivity contribution in [2.75, 3.05) is 26.3 Å². The minimum Gasteiger partial charge on any atom is -0.481 e. The van der Waals surface area contributed by atoms with Crippen LogP contribution in [0.3, 0.4) is 0 Å². The van der Waals surface area contributed by atoms with E-state index >= 15 is 0 Å². The predicted molar refractivity (Wildman–Crippen MR) is 63.9 cm³/mol. The highest BCUT2D eigenvalue weighted by atomic mass is 16.5. The molecule has 1 aliphatic rings. The third kappa shape index (κ3) is 4.26. The van der Waals surface area contributed by atoms with Gasteiger partial charge in [-0.05, 0) is 25.8 Å². The van der Waals surface area contributed by atoms with Gasteiger partial charge in [0.1, 0.15) is 0 Å². The Labute approximate surface area is 102 Å². The normalized spacial score (nSPS) is 26.0. The largest absolute Gasteiger partial charge is 0.481 e. The number of carboxylic acid groups (broad SMARTS) is 1. The molecule has 0 aliphatic carbocycles. The molecule has 2 atom stereocenters. The topological polar surface area (TPSA) is 78.8 Å². The van der Waals surface area contributed by atoms with Crippen LogP contribution in [0.4, 0.5) is 0 Å². The Morgan fingerprint density at radius 2 is 2.35 bits per heavy atom. The lowest BCUT2D eigenvalue weighted by atomic mass is 9.81. The van der Waals surface area contributed by atoms with Crippen LogP contribution in [0.15, 0.2) is 0 Å². The molecule has 5 nitrogen and oxygen atoms in total. The third-order valence-corrected chi connectivity index (χ3v) is 3.28. The molecule has 0 radical (unpaired) electrons. The highest BCUT2D eigenvalue weighted by Crippen LogP contribution is 2.31. The van der Waals surface area contributed by atoms with Gasteiger partial charge in [-0.15, -0.1) is 0 Å². The van der Waals surface area contributed by atoms with E-state index in [-0.39, 0.29) is 13.0 Å². The molecule has 2 unspecified atom stereocenters. The first-order valence-corrected chi connectivity index (χ1v) is 6.30. The molecule has 0 spiro atoms. The Kier molecular flexibility index (Phi) is 5.88. The van der Waals surface area contributed by atoms with Gasteiger partial charge in [0.2, 0.25) is 0 Å². The molecule has 100 valence electrons. The molecule has 17 heavy (non-hydrogen) atoms. The molecule has 0 aromatic heterocycles. The molecular formula is C12H23NO4. The van der Waals surface area contributed by atoms with Gasteiger partial charge in [-0.25, -0.2) is 0 Å². The summed E-state index contributed by atoms with van der Waals surface area (Å²) in [6.07, 6.45) is 2.18. The molecule has 1 aliphatic heterocycles. The fourth-order valence-corrected chi connectivity index (χ4v) is 2.16. The summed E-state index contributed by atoms with van der Waals surface area (Å²) in [5.74, 6) is -0.824. The van der Waals surface area contributed by atoms with Gasteiger partial charge in [-0.1, -0.05) is 13.3 Å². The molecule has 1 fully saturated rings. The van der Waals surface area contributed by atoms with E-state index in [4.69, 9.17) is 4.74 Å². The van der Waals surface area contributed by atoms with Gasteiger partial charge < -0.3 is 20.3 Å². The second kappa shape index (κ2) is 6.93. The van der Waals surface area contributed by atoms with Crippen molar-refractivity contribution in [3.63, 3.8) is 0 Å². The van der Waals surface area contributed by atoms with E-state index < -0.39 is 17.5 Å². The van der Waals surface area contributed by atoms with Crippen LogP contribution in [0.25, 0.3) is 0 Å². The molecule has 0 amide bonds. The van der Waals surface area contributed by atoms with E-state index in [1.54, 1.807) is 0 Å². The Balaban J connectivity index is 2.32. The van der Waals surface area contributed by atoms with Crippen molar-refractivity contribution < 1.29 is 19.7 Å². The quantitative estimate of drug-likeness (QED) is 0.546. The van der Waals surface area contributed by atoms with E-state index in [9.17, 15) is 15.0 Å². The van der Waals surface area contributed by atoms with E-state index in [0.29, 0.717) is 26.1 Å². The van der Waals surface area contributed by atoms with Crippen molar-refractivity contribution >= 4 is 5.97 Å². The summed E-state index contributed by atoms with van der Waals surface area (Å²) < 4.78 is 5.31. The number of rotatable bonds is 8. The van der Waals surface area contributed by atoms with Crippen LogP contribution in [-0.2, 0) is 9.53 Å². The Morgan fingerprint density at radius 1 is 1.59 bits per heavy atom. The SMILES string of the molecule is CCCCOCC(O)CC1(C(=O)O)CCNC1. The number of hydrogen-bond donors (Lipinski definition) is 3. The lowest BCUT2D eigenvalue weighted by Crippen LogP contribution is -2.38. The number of aliphatic hydroxyl groups is 1. The van der Waals surface area contributed by atoms with Crippen molar-refractivity contribution in [2.24, 2.45) is 5.41 Å². The van der Waals surface area contributed by atoms with Crippen LogP contribution in [0.2, 0.25) is 0 Å². The van der Waals surface area contributed by atoms with E-state index in [2.05, 4.69) is 12.2 Å². The lowest BCUT2D eigenvalue weighted by molar-refractivity contribution is -0.150. The maximum absolute atomic E-state index is 11.2. The van der Waals surface area contributed by atoms with Gasteiger partial charge in [0, 0.05) is 13.2 Å². The van der Waals surface area contributed by atoms with Gasteiger partial charge in [0.05, 0.1) is 18.1 Å². The summed E-state index contributed by atoms with van der Waals surface area (Å²) in [7, 11) is 0. The summed E-state index contributed by atoms with van der Waals surface area (Å²) in [4.78, 5) is 11.2. The van der Waals surface area contributed by atoms with Crippen LogP contribution in [0.1, 0.15) is 32.6 Å². The molecule has 3 N–H and O–H groups in total. The average Bonchev–Trinajstić information content (AvgIpc) is 2.74. The number of aliphatic carboxylic acids is 1. The number of carboxylic acids is 1. The van der Waals surface area contributed by atoms with Gasteiger partial charge in [0.15, 0.2) is 0 Å². The standard InChI is InChI=1S/C12H23NO4/c1-2-3-6-17-8-10(14)7-12(11(15)16)4-5-13-9-12/h10,13-14H,2-9H2,1H3,(H,15,16). The molecule has 1 heterocycles. The van der Waals surface area contributed by atoms with Crippen LogP contribution in [-0.4, -0.2) is 48.6 Å². The maximum Gasteiger partial charge on any atom is 0.311 e. The van der Waals surface area contributed by atoms with E-state index in [0.717, 1.165) is 12.8 Å².